The van der Waals surface area contributed by atoms with Gasteiger partial charge in [-0.2, -0.15) is 0 Å². The third kappa shape index (κ3) is 2.68. The van der Waals surface area contributed by atoms with Crippen molar-refractivity contribution in [2.24, 2.45) is 11.8 Å². The number of halogens is 1. The van der Waals surface area contributed by atoms with Crippen LogP contribution in [0.4, 0.5) is 10.1 Å². The molecular formula is C18H27FN2. The highest BCUT2D eigenvalue weighted by Gasteiger charge is 2.46. The van der Waals surface area contributed by atoms with Gasteiger partial charge < -0.3 is 10.2 Å². The van der Waals surface area contributed by atoms with Crippen LogP contribution in [0.2, 0.25) is 0 Å². The molecule has 0 radical (unpaired) electrons. The van der Waals surface area contributed by atoms with E-state index in [-0.39, 0.29) is 11.4 Å². The molecule has 1 heterocycles. The third-order valence-electron chi connectivity index (χ3n) is 5.41. The maximum atomic E-state index is 14.0. The molecule has 2 unspecified atom stereocenters. The van der Waals surface area contributed by atoms with E-state index in [2.05, 4.69) is 37.1 Å². The predicted molar refractivity (Wildman–Crippen MR) is 86.2 cm³/mol. The van der Waals surface area contributed by atoms with Gasteiger partial charge in [-0.25, -0.2) is 4.39 Å². The predicted octanol–water partition coefficient (Wildman–Crippen LogP) is 3.74. The van der Waals surface area contributed by atoms with E-state index in [0.717, 1.165) is 30.3 Å². The molecule has 0 amide bonds. The van der Waals surface area contributed by atoms with Gasteiger partial charge in [-0.3, -0.25) is 0 Å². The molecule has 116 valence electrons. The van der Waals surface area contributed by atoms with Gasteiger partial charge in [0.05, 0.1) is 0 Å². The van der Waals surface area contributed by atoms with Crippen molar-refractivity contribution in [2.45, 2.75) is 52.1 Å². The Morgan fingerprint density at radius 2 is 2.05 bits per heavy atom. The van der Waals surface area contributed by atoms with E-state index in [9.17, 15) is 4.39 Å². The minimum Gasteiger partial charge on any atom is -0.365 e. The van der Waals surface area contributed by atoms with Crippen LogP contribution in [0, 0.1) is 24.6 Å². The van der Waals surface area contributed by atoms with Crippen molar-refractivity contribution in [3.8, 4) is 0 Å². The topological polar surface area (TPSA) is 15.3 Å². The summed E-state index contributed by atoms with van der Waals surface area (Å²) >= 11 is 0. The Balaban J connectivity index is 1.95. The summed E-state index contributed by atoms with van der Waals surface area (Å²) in [7, 11) is 0. The lowest BCUT2D eigenvalue weighted by Crippen LogP contribution is -2.65. The molecule has 1 saturated carbocycles. The highest BCUT2D eigenvalue weighted by molar-refractivity contribution is 5.55. The van der Waals surface area contributed by atoms with Gasteiger partial charge in [0.2, 0.25) is 0 Å². The quantitative estimate of drug-likeness (QED) is 0.912. The lowest BCUT2D eigenvalue weighted by molar-refractivity contribution is 0.233. The molecule has 1 aromatic rings. The molecule has 3 rings (SSSR count). The fourth-order valence-electron chi connectivity index (χ4n) is 3.74. The number of nitrogens with one attached hydrogen (secondary N) is 1. The van der Waals surface area contributed by atoms with Gasteiger partial charge in [0, 0.05) is 35.9 Å². The Morgan fingerprint density at radius 3 is 2.67 bits per heavy atom. The molecule has 1 saturated heterocycles. The molecule has 0 aromatic heterocycles. The first-order valence-corrected chi connectivity index (χ1v) is 8.19. The first-order chi connectivity index (χ1) is 9.92. The highest BCUT2D eigenvalue weighted by Crippen LogP contribution is 2.43. The first-order valence-electron chi connectivity index (χ1n) is 8.19. The monoisotopic (exact) mass is 290 g/mol. The van der Waals surface area contributed by atoms with Crippen LogP contribution in [0.1, 0.15) is 39.2 Å². The number of rotatable bonds is 3. The zero-order chi connectivity index (χ0) is 15.2. The molecule has 0 spiro atoms. The van der Waals surface area contributed by atoms with Crippen molar-refractivity contribution in [3.05, 3.63) is 29.6 Å². The van der Waals surface area contributed by atoms with Gasteiger partial charge in [0.15, 0.2) is 0 Å². The van der Waals surface area contributed by atoms with Gasteiger partial charge in [-0.1, -0.05) is 19.9 Å². The summed E-state index contributed by atoms with van der Waals surface area (Å²) in [4.78, 5) is 2.46. The number of hydrogen-bond acceptors (Lipinski definition) is 2. The van der Waals surface area contributed by atoms with E-state index < -0.39 is 0 Å². The lowest BCUT2D eigenvalue weighted by Gasteiger charge is -2.49. The van der Waals surface area contributed by atoms with Crippen LogP contribution in [0.5, 0.6) is 0 Å². The number of anilines is 1. The minimum atomic E-state index is -0.0957. The molecule has 2 aliphatic rings. The molecule has 0 bridgehead atoms. The summed E-state index contributed by atoms with van der Waals surface area (Å²) in [5.74, 6) is 1.23. The van der Waals surface area contributed by atoms with Crippen LogP contribution in [-0.4, -0.2) is 24.7 Å². The second-order valence-corrected chi connectivity index (χ2v) is 7.40. The Bertz CT molecular complexity index is 524. The van der Waals surface area contributed by atoms with E-state index in [1.54, 1.807) is 6.07 Å². The molecular weight excluding hydrogens is 263 g/mol. The smallest absolute Gasteiger partial charge is 0.128 e. The second-order valence-electron chi connectivity index (χ2n) is 7.40. The highest BCUT2D eigenvalue weighted by atomic mass is 19.1. The van der Waals surface area contributed by atoms with Crippen LogP contribution in [0.3, 0.4) is 0 Å². The van der Waals surface area contributed by atoms with Crippen molar-refractivity contribution >= 4 is 5.69 Å². The molecule has 2 nitrogen and oxygen atoms in total. The molecule has 1 aliphatic carbocycles. The average molecular weight is 290 g/mol. The maximum absolute atomic E-state index is 14.0. The van der Waals surface area contributed by atoms with Gasteiger partial charge in [-0.05, 0) is 50.7 Å². The summed E-state index contributed by atoms with van der Waals surface area (Å²) in [5.41, 5.74) is 2.02. The van der Waals surface area contributed by atoms with Crippen molar-refractivity contribution in [3.63, 3.8) is 0 Å². The third-order valence-corrected chi connectivity index (χ3v) is 5.41. The van der Waals surface area contributed by atoms with Crippen LogP contribution >= 0.6 is 0 Å². The molecule has 3 heteroatoms. The van der Waals surface area contributed by atoms with E-state index in [1.807, 2.05) is 13.0 Å². The zero-order valence-corrected chi connectivity index (χ0v) is 13.6. The largest absolute Gasteiger partial charge is 0.365 e. The van der Waals surface area contributed by atoms with Gasteiger partial charge >= 0.3 is 0 Å². The van der Waals surface area contributed by atoms with Crippen molar-refractivity contribution in [2.75, 3.05) is 18.0 Å². The minimum absolute atomic E-state index is 0.0957. The van der Waals surface area contributed by atoms with E-state index in [1.165, 1.54) is 12.8 Å². The van der Waals surface area contributed by atoms with Crippen molar-refractivity contribution in [1.29, 1.82) is 0 Å². The van der Waals surface area contributed by atoms with E-state index >= 15 is 0 Å². The van der Waals surface area contributed by atoms with Crippen LogP contribution in [-0.2, 0) is 0 Å². The normalized spacial score (nSPS) is 30.0. The van der Waals surface area contributed by atoms with Gasteiger partial charge in [0.1, 0.15) is 5.82 Å². The molecule has 2 fully saturated rings. The van der Waals surface area contributed by atoms with Crippen molar-refractivity contribution < 1.29 is 4.39 Å². The van der Waals surface area contributed by atoms with E-state index in [4.69, 9.17) is 0 Å². The summed E-state index contributed by atoms with van der Waals surface area (Å²) < 4.78 is 14.0. The summed E-state index contributed by atoms with van der Waals surface area (Å²) in [6.45, 7) is 10.7. The first kappa shape index (κ1) is 14.8. The Labute approximate surface area is 127 Å². The van der Waals surface area contributed by atoms with Crippen LogP contribution < -0.4 is 10.2 Å². The van der Waals surface area contributed by atoms with E-state index in [0.29, 0.717) is 12.0 Å². The Kier molecular flexibility index (Phi) is 3.73. The molecule has 1 aromatic carbocycles. The maximum Gasteiger partial charge on any atom is 0.128 e. The molecule has 1 aliphatic heterocycles. The molecule has 21 heavy (non-hydrogen) atoms. The fourth-order valence-corrected chi connectivity index (χ4v) is 3.74. The van der Waals surface area contributed by atoms with Crippen molar-refractivity contribution in [1.82, 2.24) is 5.32 Å². The van der Waals surface area contributed by atoms with Gasteiger partial charge in [-0.15, -0.1) is 0 Å². The number of hydrogen-bond donors (Lipinski definition) is 1. The molecule has 2 atom stereocenters. The zero-order valence-electron chi connectivity index (χ0n) is 13.6. The summed E-state index contributed by atoms with van der Waals surface area (Å²) in [6.07, 6.45) is 2.65. The number of benzene rings is 1. The lowest BCUT2D eigenvalue weighted by atomic mass is 9.87. The average Bonchev–Trinajstić information content (AvgIpc) is 3.26. The fraction of sp³-hybridized carbons (Fsp3) is 0.667. The van der Waals surface area contributed by atoms with Gasteiger partial charge in [0.25, 0.3) is 0 Å². The summed E-state index contributed by atoms with van der Waals surface area (Å²) in [5, 5.41) is 3.79. The van der Waals surface area contributed by atoms with Crippen LogP contribution in [0.25, 0.3) is 0 Å². The number of piperazine rings is 1. The SMILES string of the molecule is Cc1c(F)cccc1N1CC(C)(C2CC2)NCC1C(C)C. The Hall–Kier alpha value is -1.09. The second kappa shape index (κ2) is 5.28. The number of nitrogens with zero attached hydrogens (tertiary/aromatic N) is 1. The Morgan fingerprint density at radius 1 is 1.33 bits per heavy atom. The molecule has 1 N–H and O–H groups in total. The standard InChI is InChI=1S/C18H27FN2/c1-12(2)17-10-20-18(4,14-8-9-14)11-21(17)16-7-5-6-15(19)13(16)3/h5-7,12,14,17,20H,8-11H2,1-4H3. The van der Waals surface area contributed by atoms with Crippen LogP contribution in [0.15, 0.2) is 18.2 Å². The summed E-state index contributed by atoms with van der Waals surface area (Å²) in [6, 6.07) is 5.90.